The van der Waals surface area contributed by atoms with Gasteiger partial charge in [0.05, 0.1) is 6.42 Å². The van der Waals surface area contributed by atoms with Gasteiger partial charge in [-0.25, -0.2) is 8.78 Å². The molecule has 0 heterocycles. The van der Waals surface area contributed by atoms with Crippen LogP contribution in [0.5, 0.6) is 0 Å². The molecule has 1 aromatic carbocycles. The van der Waals surface area contributed by atoms with Crippen LogP contribution in [0.4, 0.5) is 8.78 Å². The third-order valence-electron chi connectivity index (χ3n) is 2.75. The van der Waals surface area contributed by atoms with Crippen LogP contribution in [-0.4, -0.2) is 17.8 Å². The molecule has 5 heteroatoms. The molecule has 0 aliphatic heterocycles. The first kappa shape index (κ1) is 16.1. The zero-order valence-corrected chi connectivity index (χ0v) is 12.3. The van der Waals surface area contributed by atoms with Crippen LogP contribution in [0, 0.1) is 11.6 Å². The van der Waals surface area contributed by atoms with Crippen LogP contribution in [0.25, 0.3) is 0 Å². The number of nitrogens with one attached hydrogen (secondary N) is 1. The van der Waals surface area contributed by atoms with E-state index in [9.17, 15) is 13.6 Å². The molecule has 0 aliphatic rings. The molecule has 1 amide bonds. The van der Waals surface area contributed by atoms with Crippen LogP contribution in [0.15, 0.2) is 18.2 Å². The lowest BCUT2D eigenvalue weighted by atomic mass is 10.1. The van der Waals surface area contributed by atoms with E-state index in [0.717, 1.165) is 43.1 Å². The van der Waals surface area contributed by atoms with Gasteiger partial charge in [0.25, 0.3) is 0 Å². The van der Waals surface area contributed by atoms with Gasteiger partial charge in [-0.2, -0.15) is 0 Å². The quantitative estimate of drug-likeness (QED) is 0.571. The van der Waals surface area contributed by atoms with Gasteiger partial charge in [-0.3, -0.25) is 4.79 Å². The fourth-order valence-electron chi connectivity index (χ4n) is 1.70. The van der Waals surface area contributed by atoms with Crippen molar-refractivity contribution in [2.45, 2.75) is 32.1 Å². The highest BCUT2D eigenvalue weighted by Crippen LogP contribution is 2.10. The molecule has 2 nitrogen and oxygen atoms in total. The highest BCUT2D eigenvalue weighted by Gasteiger charge is 2.08. The molecule has 0 aromatic heterocycles. The number of hydrogen-bond donors (Lipinski definition) is 1. The van der Waals surface area contributed by atoms with Gasteiger partial charge >= 0.3 is 0 Å². The lowest BCUT2D eigenvalue weighted by Gasteiger charge is -2.06. The lowest BCUT2D eigenvalue weighted by Crippen LogP contribution is -2.26. The molecule has 106 valence electrons. The summed E-state index contributed by atoms with van der Waals surface area (Å²) in [6.45, 7) is 0.601. The SMILES string of the molecule is O=C(Cc1ccc(F)cc1F)NCCCCCCBr. The van der Waals surface area contributed by atoms with Crippen LogP contribution in [0.2, 0.25) is 0 Å². The molecule has 0 bridgehead atoms. The van der Waals surface area contributed by atoms with E-state index < -0.39 is 11.6 Å². The molecule has 0 radical (unpaired) electrons. The maximum Gasteiger partial charge on any atom is 0.224 e. The average Bonchev–Trinajstić information content (AvgIpc) is 2.37. The largest absolute Gasteiger partial charge is 0.356 e. The summed E-state index contributed by atoms with van der Waals surface area (Å²) in [5, 5.41) is 3.74. The van der Waals surface area contributed by atoms with Crippen molar-refractivity contribution in [3.05, 3.63) is 35.4 Å². The van der Waals surface area contributed by atoms with Gasteiger partial charge in [0.2, 0.25) is 5.91 Å². The summed E-state index contributed by atoms with van der Waals surface area (Å²) >= 11 is 3.36. The summed E-state index contributed by atoms with van der Waals surface area (Å²) in [7, 11) is 0. The zero-order valence-electron chi connectivity index (χ0n) is 10.7. The lowest BCUT2D eigenvalue weighted by molar-refractivity contribution is -0.120. The Labute approximate surface area is 120 Å². The van der Waals surface area contributed by atoms with Crippen LogP contribution >= 0.6 is 15.9 Å². The van der Waals surface area contributed by atoms with Crippen molar-refractivity contribution in [3.63, 3.8) is 0 Å². The summed E-state index contributed by atoms with van der Waals surface area (Å²) in [4.78, 5) is 11.6. The Morgan fingerprint density at radius 3 is 2.58 bits per heavy atom. The van der Waals surface area contributed by atoms with Crippen molar-refractivity contribution in [2.24, 2.45) is 0 Å². The first-order chi connectivity index (χ1) is 9.13. The standard InChI is InChI=1S/C14H18BrF2NO/c15-7-3-1-2-4-8-18-14(19)9-11-5-6-12(16)10-13(11)17/h5-6,10H,1-4,7-9H2,(H,18,19). The van der Waals surface area contributed by atoms with Crippen molar-refractivity contribution >= 4 is 21.8 Å². The minimum Gasteiger partial charge on any atom is -0.356 e. The first-order valence-electron chi connectivity index (χ1n) is 6.40. The van der Waals surface area contributed by atoms with E-state index in [0.29, 0.717) is 6.54 Å². The van der Waals surface area contributed by atoms with Crippen LogP contribution in [0.3, 0.4) is 0 Å². The van der Waals surface area contributed by atoms with Crippen molar-refractivity contribution in [1.82, 2.24) is 5.32 Å². The molecule has 19 heavy (non-hydrogen) atoms. The van der Waals surface area contributed by atoms with Crippen LogP contribution < -0.4 is 5.32 Å². The summed E-state index contributed by atoms with van der Waals surface area (Å²) in [6.07, 6.45) is 4.21. The summed E-state index contributed by atoms with van der Waals surface area (Å²) < 4.78 is 26.0. The van der Waals surface area contributed by atoms with E-state index in [2.05, 4.69) is 21.2 Å². The van der Waals surface area contributed by atoms with Gasteiger partial charge < -0.3 is 5.32 Å². The van der Waals surface area contributed by atoms with Crippen molar-refractivity contribution < 1.29 is 13.6 Å². The molecular weight excluding hydrogens is 316 g/mol. The van der Waals surface area contributed by atoms with E-state index in [1.807, 2.05) is 0 Å². The highest BCUT2D eigenvalue weighted by atomic mass is 79.9. The number of carbonyl (C=O) groups is 1. The number of hydrogen-bond acceptors (Lipinski definition) is 1. The second kappa shape index (κ2) is 9.02. The Morgan fingerprint density at radius 1 is 1.16 bits per heavy atom. The van der Waals surface area contributed by atoms with Gasteiger partial charge in [0, 0.05) is 17.9 Å². The monoisotopic (exact) mass is 333 g/mol. The fourth-order valence-corrected chi connectivity index (χ4v) is 2.10. The fraction of sp³-hybridized carbons (Fsp3) is 0.500. The Kier molecular flexibility index (Phi) is 7.63. The molecule has 0 fully saturated rings. The van der Waals surface area contributed by atoms with Gasteiger partial charge in [0.1, 0.15) is 11.6 Å². The Balaban J connectivity index is 2.23. The predicted molar refractivity (Wildman–Crippen MR) is 75.3 cm³/mol. The molecule has 0 aliphatic carbocycles. The number of unbranched alkanes of at least 4 members (excludes halogenated alkanes) is 3. The third-order valence-corrected chi connectivity index (χ3v) is 3.31. The summed E-state index contributed by atoms with van der Waals surface area (Å²) in [5.41, 5.74) is 0.221. The number of halogens is 3. The van der Waals surface area contributed by atoms with Gasteiger partial charge in [-0.1, -0.05) is 34.8 Å². The van der Waals surface area contributed by atoms with E-state index in [-0.39, 0.29) is 17.9 Å². The number of rotatable bonds is 8. The molecule has 0 saturated carbocycles. The van der Waals surface area contributed by atoms with E-state index >= 15 is 0 Å². The molecule has 1 rings (SSSR count). The molecule has 1 N–H and O–H groups in total. The second-order valence-electron chi connectivity index (χ2n) is 4.37. The molecule has 0 saturated heterocycles. The maximum absolute atomic E-state index is 13.3. The van der Waals surface area contributed by atoms with Gasteiger partial charge in [0.15, 0.2) is 0 Å². The molecule has 0 atom stereocenters. The number of alkyl halides is 1. The Morgan fingerprint density at radius 2 is 1.89 bits per heavy atom. The van der Waals surface area contributed by atoms with Crippen molar-refractivity contribution in [2.75, 3.05) is 11.9 Å². The van der Waals surface area contributed by atoms with Gasteiger partial charge in [-0.05, 0) is 24.5 Å². The topological polar surface area (TPSA) is 29.1 Å². The van der Waals surface area contributed by atoms with E-state index in [1.165, 1.54) is 6.07 Å². The average molecular weight is 334 g/mol. The highest BCUT2D eigenvalue weighted by molar-refractivity contribution is 9.09. The molecule has 1 aromatic rings. The normalized spacial score (nSPS) is 10.5. The van der Waals surface area contributed by atoms with E-state index in [1.54, 1.807) is 0 Å². The van der Waals surface area contributed by atoms with Crippen LogP contribution in [0.1, 0.15) is 31.2 Å². The number of benzene rings is 1. The van der Waals surface area contributed by atoms with E-state index in [4.69, 9.17) is 0 Å². The minimum atomic E-state index is -0.674. The maximum atomic E-state index is 13.3. The second-order valence-corrected chi connectivity index (χ2v) is 5.16. The smallest absolute Gasteiger partial charge is 0.224 e. The number of carbonyl (C=O) groups excluding carboxylic acids is 1. The molecule has 0 spiro atoms. The Bertz CT molecular complexity index is 412. The predicted octanol–water partition coefficient (Wildman–Crippen LogP) is 3.58. The molecular formula is C14H18BrF2NO. The van der Waals surface area contributed by atoms with Gasteiger partial charge in [-0.15, -0.1) is 0 Å². The van der Waals surface area contributed by atoms with Crippen molar-refractivity contribution in [3.8, 4) is 0 Å². The minimum absolute atomic E-state index is 0.0481. The van der Waals surface area contributed by atoms with Crippen LogP contribution in [-0.2, 0) is 11.2 Å². The third kappa shape index (κ3) is 6.66. The molecule has 0 unspecified atom stereocenters. The number of amides is 1. The van der Waals surface area contributed by atoms with Crippen molar-refractivity contribution in [1.29, 1.82) is 0 Å². The first-order valence-corrected chi connectivity index (χ1v) is 7.52. The Hall–Kier alpha value is -0.970. The summed E-state index contributed by atoms with van der Waals surface area (Å²) in [5.74, 6) is -1.54. The zero-order chi connectivity index (χ0) is 14.1. The summed E-state index contributed by atoms with van der Waals surface area (Å²) in [6, 6.07) is 3.26.